The van der Waals surface area contributed by atoms with Crippen LogP contribution in [0.1, 0.15) is 56.1 Å². The van der Waals surface area contributed by atoms with Crippen molar-refractivity contribution < 1.29 is 17.7 Å². The number of aryl methyl sites for hydroxylation is 1. The molecule has 26 heavy (non-hydrogen) atoms. The summed E-state index contributed by atoms with van der Waals surface area (Å²) in [5.41, 5.74) is 2.60. The van der Waals surface area contributed by atoms with E-state index < -0.39 is 10.3 Å². The first-order chi connectivity index (χ1) is 12.2. The highest BCUT2D eigenvalue weighted by molar-refractivity contribution is 7.98. The van der Waals surface area contributed by atoms with Crippen molar-refractivity contribution in [1.29, 1.82) is 0 Å². The van der Waals surface area contributed by atoms with E-state index in [0.29, 0.717) is 23.5 Å². The molecule has 0 aromatic heterocycles. The van der Waals surface area contributed by atoms with Crippen molar-refractivity contribution >= 4 is 22.1 Å². The second-order valence-corrected chi connectivity index (χ2v) is 10.3. The summed E-state index contributed by atoms with van der Waals surface area (Å²) < 4.78 is 27.8. The highest BCUT2D eigenvalue weighted by Gasteiger charge is 2.54. The van der Waals surface area contributed by atoms with Gasteiger partial charge in [0, 0.05) is 0 Å². The number of hydrogen-bond donors (Lipinski definition) is 2. The molecule has 5 atom stereocenters. The molecule has 5 nitrogen and oxygen atoms in total. The van der Waals surface area contributed by atoms with Gasteiger partial charge < -0.3 is 9.29 Å². The minimum Gasteiger partial charge on any atom is -0.393 e. The van der Waals surface area contributed by atoms with Crippen LogP contribution in [0.15, 0.2) is 17.0 Å². The van der Waals surface area contributed by atoms with Gasteiger partial charge in [0.1, 0.15) is 0 Å². The topological polar surface area (TPSA) is 89.6 Å². The number of aliphatic hydroxyl groups is 1. The molecular weight excluding hydrogens is 370 g/mol. The highest BCUT2D eigenvalue weighted by Crippen LogP contribution is 2.61. The molecule has 1 aromatic rings. The third-order valence-corrected chi connectivity index (χ3v) is 8.34. The fraction of sp³-hybridized carbons (Fsp3) is 0.684. The van der Waals surface area contributed by atoms with Gasteiger partial charge in [-0.25, -0.2) is 0 Å². The van der Waals surface area contributed by atoms with Crippen molar-refractivity contribution in [3.05, 3.63) is 23.3 Å². The zero-order chi connectivity index (χ0) is 18.7. The fourth-order valence-electron chi connectivity index (χ4n) is 5.90. The number of rotatable bonds is 3. The lowest BCUT2D eigenvalue weighted by Gasteiger charge is -2.50. The Hall–Kier alpha value is -0.760. The smallest absolute Gasteiger partial charge is 0.380 e. The zero-order valence-electron chi connectivity index (χ0n) is 15.3. The summed E-state index contributed by atoms with van der Waals surface area (Å²) >= 11 is 1.48. The standard InChI is InChI=1S/C19H27NO4S2/c1-19-8-7-12-13(15(19)5-6-18(19)21)4-3-11-9-16(24-26(20,22)23)17(25-2)10-14(11)12/h9-10,12-13,15,18,21H,3-8H2,1-2H3,(H2,20,22,23)/t12-,13+,15-,18-,19-/m0/s1. The van der Waals surface area contributed by atoms with Crippen LogP contribution in [-0.2, 0) is 16.7 Å². The molecule has 0 amide bonds. The van der Waals surface area contributed by atoms with Crippen LogP contribution in [0.2, 0.25) is 0 Å². The number of aliphatic hydroxyl groups excluding tert-OH is 1. The van der Waals surface area contributed by atoms with Crippen molar-refractivity contribution in [2.75, 3.05) is 6.26 Å². The van der Waals surface area contributed by atoms with E-state index in [-0.39, 0.29) is 11.5 Å². The molecule has 0 radical (unpaired) electrons. The van der Waals surface area contributed by atoms with E-state index in [1.807, 2.05) is 12.3 Å². The maximum atomic E-state index is 11.4. The molecule has 3 aliphatic rings. The predicted molar refractivity (Wildman–Crippen MR) is 103 cm³/mol. The molecule has 0 saturated heterocycles. The van der Waals surface area contributed by atoms with Crippen LogP contribution in [0.25, 0.3) is 0 Å². The third-order valence-electron chi connectivity index (χ3n) is 7.16. The van der Waals surface area contributed by atoms with Gasteiger partial charge in [-0.1, -0.05) is 6.92 Å². The average molecular weight is 398 g/mol. The molecule has 0 unspecified atom stereocenters. The quantitative estimate of drug-likeness (QED) is 0.765. The summed E-state index contributed by atoms with van der Waals surface area (Å²) in [6.07, 6.45) is 7.97. The van der Waals surface area contributed by atoms with Crippen LogP contribution in [0.3, 0.4) is 0 Å². The Morgan fingerprint density at radius 3 is 2.73 bits per heavy atom. The highest BCUT2D eigenvalue weighted by atomic mass is 32.2. The van der Waals surface area contributed by atoms with Crippen LogP contribution in [0.5, 0.6) is 5.75 Å². The normalized spacial score (nSPS) is 36.2. The molecular formula is C19H27NO4S2. The van der Waals surface area contributed by atoms with Gasteiger partial charge in [0.15, 0.2) is 5.75 Å². The Bertz CT molecular complexity index is 825. The van der Waals surface area contributed by atoms with E-state index in [2.05, 4.69) is 13.0 Å². The van der Waals surface area contributed by atoms with Crippen LogP contribution in [-0.4, -0.2) is 25.9 Å². The van der Waals surface area contributed by atoms with Gasteiger partial charge in [-0.3, -0.25) is 0 Å². The second kappa shape index (κ2) is 6.40. The first kappa shape index (κ1) is 18.6. The summed E-state index contributed by atoms with van der Waals surface area (Å²) in [5.74, 6) is 2.03. The van der Waals surface area contributed by atoms with E-state index in [1.54, 1.807) is 0 Å². The number of nitrogens with two attached hydrogens (primary N) is 1. The maximum absolute atomic E-state index is 11.4. The summed E-state index contributed by atoms with van der Waals surface area (Å²) in [4.78, 5) is 0.818. The summed E-state index contributed by atoms with van der Waals surface area (Å²) in [7, 11) is -4.03. The minimum atomic E-state index is -4.03. The van der Waals surface area contributed by atoms with E-state index in [4.69, 9.17) is 9.32 Å². The minimum absolute atomic E-state index is 0.0671. The largest absolute Gasteiger partial charge is 0.393 e. The first-order valence-electron chi connectivity index (χ1n) is 9.34. The molecule has 0 aliphatic heterocycles. The molecule has 0 spiro atoms. The van der Waals surface area contributed by atoms with Crippen LogP contribution in [0, 0.1) is 17.3 Å². The van der Waals surface area contributed by atoms with Crippen molar-refractivity contribution in [1.82, 2.24) is 0 Å². The molecule has 3 N–H and O–H groups in total. The molecule has 3 aliphatic carbocycles. The molecule has 1 aromatic carbocycles. The van der Waals surface area contributed by atoms with Gasteiger partial charge in [0.2, 0.25) is 0 Å². The Morgan fingerprint density at radius 1 is 1.27 bits per heavy atom. The van der Waals surface area contributed by atoms with Crippen LogP contribution in [0.4, 0.5) is 0 Å². The maximum Gasteiger partial charge on any atom is 0.380 e. The van der Waals surface area contributed by atoms with Crippen molar-refractivity contribution in [3.63, 3.8) is 0 Å². The lowest BCUT2D eigenvalue weighted by molar-refractivity contribution is -0.0226. The van der Waals surface area contributed by atoms with Gasteiger partial charge in [0.05, 0.1) is 11.0 Å². The van der Waals surface area contributed by atoms with Crippen molar-refractivity contribution in [2.45, 2.75) is 62.4 Å². The summed E-state index contributed by atoms with van der Waals surface area (Å²) in [5, 5.41) is 15.6. The summed E-state index contributed by atoms with van der Waals surface area (Å²) in [6.45, 7) is 2.28. The van der Waals surface area contributed by atoms with Gasteiger partial charge in [-0.15, -0.1) is 11.8 Å². The number of thioether (sulfide) groups is 1. The molecule has 2 fully saturated rings. The van der Waals surface area contributed by atoms with Crippen LogP contribution >= 0.6 is 11.8 Å². The van der Waals surface area contributed by atoms with E-state index in [9.17, 15) is 13.5 Å². The summed E-state index contributed by atoms with van der Waals surface area (Å²) in [6, 6.07) is 3.99. The molecule has 7 heteroatoms. The van der Waals surface area contributed by atoms with Crippen molar-refractivity contribution in [3.8, 4) is 5.75 Å². The Kier molecular flexibility index (Phi) is 4.58. The molecule has 4 rings (SSSR count). The molecule has 0 heterocycles. The fourth-order valence-corrected chi connectivity index (χ4v) is 6.89. The Labute approximate surface area is 159 Å². The molecule has 0 bridgehead atoms. The first-order valence-corrected chi connectivity index (χ1v) is 12.0. The van der Waals surface area contributed by atoms with E-state index >= 15 is 0 Å². The molecule has 144 valence electrons. The lowest BCUT2D eigenvalue weighted by atomic mass is 9.55. The van der Waals surface area contributed by atoms with Gasteiger partial charge in [0.25, 0.3) is 0 Å². The van der Waals surface area contributed by atoms with E-state index in [0.717, 1.165) is 43.4 Å². The number of fused-ring (bicyclic) bond motifs is 5. The Morgan fingerprint density at radius 2 is 2.04 bits per heavy atom. The van der Waals surface area contributed by atoms with Gasteiger partial charge >= 0.3 is 10.3 Å². The van der Waals surface area contributed by atoms with E-state index in [1.165, 1.54) is 22.9 Å². The molecule has 2 saturated carbocycles. The lowest BCUT2D eigenvalue weighted by Crippen LogP contribution is -2.43. The Balaban J connectivity index is 1.70. The predicted octanol–water partition coefficient (Wildman–Crippen LogP) is 3.21. The number of hydrogen-bond acceptors (Lipinski definition) is 5. The van der Waals surface area contributed by atoms with Crippen molar-refractivity contribution in [2.24, 2.45) is 22.4 Å². The monoisotopic (exact) mass is 397 g/mol. The third kappa shape index (κ3) is 2.97. The van der Waals surface area contributed by atoms with Gasteiger partial charge in [-0.2, -0.15) is 13.6 Å². The van der Waals surface area contributed by atoms with Crippen LogP contribution < -0.4 is 9.32 Å². The number of benzene rings is 1. The average Bonchev–Trinajstić information content (AvgIpc) is 2.88. The SMILES string of the molecule is CSc1cc2c(cc1OS(N)(=O)=O)CC[C@@H]1[C@@H]2CC[C@]2(C)[C@@H](O)CC[C@@H]12. The zero-order valence-corrected chi connectivity index (χ0v) is 16.9. The van der Waals surface area contributed by atoms with Gasteiger partial charge in [-0.05, 0) is 91.2 Å². The second-order valence-electron chi connectivity index (χ2n) is 8.33.